The van der Waals surface area contributed by atoms with Crippen molar-refractivity contribution >= 4 is 11.8 Å². The summed E-state index contributed by atoms with van der Waals surface area (Å²) in [6.07, 6.45) is 0.00214. The van der Waals surface area contributed by atoms with Crippen LogP contribution in [-0.4, -0.2) is 60.4 Å². The van der Waals surface area contributed by atoms with Crippen LogP contribution in [0.1, 0.15) is 61.9 Å². The first-order chi connectivity index (χ1) is 15.1. The Morgan fingerprint density at radius 1 is 1.00 bits per heavy atom. The second-order valence-electron chi connectivity index (χ2n) is 9.38. The van der Waals surface area contributed by atoms with Crippen molar-refractivity contribution in [3.05, 3.63) is 35.4 Å². The normalized spacial score (nSPS) is 19.4. The van der Waals surface area contributed by atoms with Crippen LogP contribution in [-0.2, 0) is 11.0 Å². The van der Waals surface area contributed by atoms with Crippen LogP contribution in [0, 0.1) is 11.8 Å². The lowest BCUT2D eigenvalue weighted by molar-refractivity contribution is -0.137. The van der Waals surface area contributed by atoms with E-state index in [2.05, 4.69) is 24.1 Å². The van der Waals surface area contributed by atoms with E-state index in [1.165, 1.54) is 12.1 Å². The predicted molar refractivity (Wildman–Crippen MR) is 117 cm³/mol. The average molecular weight is 454 g/mol. The third-order valence-corrected chi connectivity index (χ3v) is 6.65. The summed E-state index contributed by atoms with van der Waals surface area (Å²) in [5.41, 5.74) is -0.453. The van der Waals surface area contributed by atoms with Crippen molar-refractivity contribution in [3.63, 3.8) is 0 Å². The molecule has 32 heavy (non-hydrogen) atoms. The highest BCUT2D eigenvalue weighted by Crippen LogP contribution is 2.30. The van der Waals surface area contributed by atoms with Crippen LogP contribution >= 0.6 is 0 Å². The molecule has 2 amide bonds. The van der Waals surface area contributed by atoms with Gasteiger partial charge in [0.25, 0.3) is 5.91 Å². The van der Waals surface area contributed by atoms with Gasteiger partial charge in [0.05, 0.1) is 5.56 Å². The lowest BCUT2D eigenvalue weighted by Gasteiger charge is -2.41. The highest BCUT2D eigenvalue weighted by Gasteiger charge is 2.33. The van der Waals surface area contributed by atoms with Crippen LogP contribution in [0.25, 0.3) is 0 Å². The van der Waals surface area contributed by atoms with Crippen molar-refractivity contribution in [1.82, 2.24) is 15.1 Å². The first-order valence-electron chi connectivity index (χ1n) is 11.6. The summed E-state index contributed by atoms with van der Waals surface area (Å²) in [4.78, 5) is 29.2. The highest BCUT2D eigenvalue weighted by atomic mass is 19.4. The number of carbonyl (C=O) groups excluding carboxylic acids is 2. The molecule has 2 aliphatic heterocycles. The molecule has 2 heterocycles. The van der Waals surface area contributed by atoms with E-state index >= 15 is 0 Å². The van der Waals surface area contributed by atoms with Crippen molar-refractivity contribution in [3.8, 4) is 0 Å². The zero-order valence-electron chi connectivity index (χ0n) is 19.0. The van der Waals surface area contributed by atoms with Crippen molar-refractivity contribution < 1.29 is 22.8 Å². The number of piperidine rings is 2. The molecule has 0 spiro atoms. The lowest BCUT2D eigenvalue weighted by Crippen LogP contribution is -2.50. The van der Waals surface area contributed by atoms with Gasteiger partial charge >= 0.3 is 6.18 Å². The standard InChI is InChI=1S/C24H34F3N3O2/c1-17(2)7-12-28-22(31)18-8-13-29(14-9-18)21-10-15-30(16-11-21)23(32)19-3-5-20(6-4-19)24(25,26)27/h3-6,17-18,21H,7-16H2,1-2H3,(H,28,31). The third-order valence-electron chi connectivity index (χ3n) is 6.65. The summed E-state index contributed by atoms with van der Waals surface area (Å²) in [6, 6.07) is 4.82. The number of benzene rings is 1. The molecule has 178 valence electrons. The van der Waals surface area contributed by atoms with Gasteiger partial charge in [0, 0.05) is 37.2 Å². The fourth-order valence-corrected chi connectivity index (χ4v) is 4.57. The fourth-order valence-electron chi connectivity index (χ4n) is 4.57. The first kappa shape index (κ1) is 24.6. The molecule has 3 rings (SSSR count). The van der Waals surface area contributed by atoms with Gasteiger partial charge in [-0.15, -0.1) is 0 Å². The summed E-state index contributed by atoms with van der Waals surface area (Å²) < 4.78 is 38.2. The largest absolute Gasteiger partial charge is 0.416 e. The van der Waals surface area contributed by atoms with Gasteiger partial charge in [0.2, 0.25) is 5.91 Å². The number of nitrogens with one attached hydrogen (secondary N) is 1. The molecule has 0 atom stereocenters. The smallest absolute Gasteiger partial charge is 0.356 e. The van der Waals surface area contributed by atoms with Crippen LogP contribution in [0.4, 0.5) is 13.2 Å². The number of carbonyl (C=O) groups is 2. The SMILES string of the molecule is CC(C)CCNC(=O)C1CCN(C2CCN(C(=O)c3ccc(C(F)(F)F)cc3)CC2)CC1. The molecule has 8 heteroatoms. The minimum atomic E-state index is -4.40. The number of rotatable bonds is 6. The van der Waals surface area contributed by atoms with Gasteiger partial charge < -0.3 is 15.1 Å². The second-order valence-corrected chi connectivity index (χ2v) is 9.38. The number of nitrogens with zero attached hydrogens (tertiary/aromatic N) is 2. The van der Waals surface area contributed by atoms with Crippen LogP contribution < -0.4 is 5.32 Å². The molecule has 0 radical (unpaired) electrons. The van der Waals surface area contributed by atoms with Crippen molar-refractivity contribution in [2.45, 2.75) is 58.2 Å². The Bertz CT molecular complexity index is 764. The van der Waals surface area contributed by atoms with E-state index in [9.17, 15) is 22.8 Å². The summed E-state index contributed by atoms with van der Waals surface area (Å²) >= 11 is 0. The Morgan fingerprint density at radius 3 is 2.12 bits per heavy atom. The Hall–Kier alpha value is -2.09. The van der Waals surface area contributed by atoms with E-state index in [-0.39, 0.29) is 17.7 Å². The van der Waals surface area contributed by atoms with Gasteiger partial charge in [-0.25, -0.2) is 0 Å². The minimum Gasteiger partial charge on any atom is -0.356 e. The molecule has 0 unspecified atom stereocenters. The molecule has 2 aliphatic rings. The Labute approximate surface area is 188 Å². The van der Waals surface area contributed by atoms with E-state index in [0.29, 0.717) is 30.6 Å². The van der Waals surface area contributed by atoms with Gasteiger partial charge in [-0.3, -0.25) is 9.59 Å². The second kappa shape index (κ2) is 10.7. The zero-order valence-corrected chi connectivity index (χ0v) is 19.0. The monoisotopic (exact) mass is 453 g/mol. The van der Waals surface area contributed by atoms with Gasteiger partial charge in [-0.1, -0.05) is 13.8 Å². The molecule has 1 aromatic carbocycles. The number of likely N-dealkylation sites (tertiary alicyclic amines) is 2. The van der Waals surface area contributed by atoms with Gasteiger partial charge in [-0.05, 0) is 75.4 Å². The maximum absolute atomic E-state index is 12.7. The fraction of sp³-hybridized carbons (Fsp3) is 0.667. The van der Waals surface area contributed by atoms with Crippen molar-refractivity contribution in [1.29, 1.82) is 0 Å². The molecule has 2 saturated heterocycles. The Kier molecular flexibility index (Phi) is 8.20. The van der Waals surface area contributed by atoms with Gasteiger partial charge in [-0.2, -0.15) is 13.2 Å². The van der Waals surface area contributed by atoms with Gasteiger partial charge in [0.1, 0.15) is 0 Å². The molecule has 0 saturated carbocycles. The zero-order chi connectivity index (χ0) is 23.3. The van der Waals surface area contributed by atoms with E-state index in [4.69, 9.17) is 0 Å². The van der Waals surface area contributed by atoms with Crippen molar-refractivity contribution in [2.24, 2.45) is 11.8 Å². The van der Waals surface area contributed by atoms with Crippen LogP contribution in [0.5, 0.6) is 0 Å². The maximum Gasteiger partial charge on any atom is 0.416 e. The lowest BCUT2D eigenvalue weighted by atomic mass is 9.92. The Morgan fingerprint density at radius 2 is 1.59 bits per heavy atom. The van der Waals surface area contributed by atoms with Gasteiger partial charge in [0.15, 0.2) is 0 Å². The summed E-state index contributed by atoms with van der Waals surface area (Å²) in [7, 11) is 0. The number of hydrogen-bond acceptors (Lipinski definition) is 3. The number of halogens is 3. The number of alkyl halides is 3. The molecular formula is C24H34F3N3O2. The third kappa shape index (κ3) is 6.47. The molecule has 0 bridgehead atoms. The summed E-state index contributed by atoms with van der Waals surface area (Å²) in [5.74, 6) is 0.616. The predicted octanol–water partition coefficient (Wildman–Crippen LogP) is 4.18. The highest BCUT2D eigenvalue weighted by molar-refractivity contribution is 5.94. The summed E-state index contributed by atoms with van der Waals surface area (Å²) in [5, 5.41) is 3.06. The van der Waals surface area contributed by atoms with Crippen LogP contribution in [0.2, 0.25) is 0 Å². The molecule has 1 aromatic rings. The minimum absolute atomic E-state index is 0.0831. The quantitative estimate of drug-likeness (QED) is 0.703. The van der Waals surface area contributed by atoms with Crippen LogP contribution in [0.15, 0.2) is 24.3 Å². The topological polar surface area (TPSA) is 52.7 Å². The van der Waals surface area contributed by atoms with E-state index in [1.54, 1.807) is 4.90 Å². The Balaban J connectivity index is 1.42. The molecule has 0 aliphatic carbocycles. The first-order valence-corrected chi connectivity index (χ1v) is 11.6. The number of amides is 2. The summed E-state index contributed by atoms with van der Waals surface area (Å²) in [6.45, 7) is 8.00. The molecular weight excluding hydrogens is 419 g/mol. The molecule has 5 nitrogen and oxygen atoms in total. The van der Waals surface area contributed by atoms with E-state index in [1.807, 2.05) is 0 Å². The average Bonchev–Trinajstić information content (AvgIpc) is 2.78. The van der Waals surface area contributed by atoms with Crippen molar-refractivity contribution in [2.75, 3.05) is 32.7 Å². The number of hydrogen-bond donors (Lipinski definition) is 1. The molecule has 0 aromatic heterocycles. The molecule has 2 fully saturated rings. The molecule has 1 N–H and O–H groups in total. The van der Waals surface area contributed by atoms with E-state index < -0.39 is 11.7 Å². The van der Waals surface area contributed by atoms with E-state index in [0.717, 1.165) is 63.9 Å². The maximum atomic E-state index is 12.7. The van der Waals surface area contributed by atoms with Crippen LogP contribution in [0.3, 0.4) is 0 Å².